The molecule has 0 aromatic heterocycles. The topological polar surface area (TPSA) is 0 Å². The quantitative estimate of drug-likeness (QED) is 0.214. The van der Waals surface area contributed by atoms with E-state index in [1.54, 1.807) is 0 Å². The van der Waals surface area contributed by atoms with Crippen LogP contribution in [0.15, 0.2) is 60.7 Å². The van der Waals surface area contributed by atoms with Crippen LogP contribution in [0.5, 0.6) is 0 Å². The number of hydrogen-bond donors (Lipinski definition) is 0. The van der Waals surface area contributed by atoms with Gasteiger partial charge in [0.2, 0.25) is 0 Å². The SMILES string of the molecule is CC(C)(C)c1ccc2c(c1)[cH-]c1cc(C(C)(C)C)ccc12.CC(C)C[Si](=[Zr+2])CC(C)C.[C-]1=CC=CC1. The Morgan fingerprint density at radius 1 is 0.806 bits per heavy atom. The molecule has 36 heavy (non-hydrogen) atoms. The van der Waals surface area contributed by atoms with Gasteiger partial charge >= 0.3 is 80.4 Å². The molecule has 2 heteroatoms. The zero-order chi connectivity index (χ0) is 27.1. The summed E-state index contributed by atoms with van der Waals surface area (Å²) >= 11 is 1.83. The van der Waals surface area contributed by atoms with Crippen LogP contribution in [0.1, 0.15) is 86.8 Å². The van der Waals surface area contributed by atoms with Gasteiger partial charge in [0.05, 0.1) is 0 Å². The van der Waals surface area contributed by atoms with Crippen LogP contribution in [0.2, 0.25) is 12.1 Å². The van der Waals surface area contributed by atoms with Gasteiger partial charge in [0.15, 0.2) is 0 Å². The zero-order valence-electron chi connectivity index (χ0n) is 24.5. The fourth-order valence-corrected chi connectivity index (χ4v) is 12.5. The molecule has 0 saturated carbocycles. The van der Waals surface area contributed by atoms with E-state index in [0.29, 0.717) is 0 Å². The smallest absolute Gasteiger partial charge is 0.109 e. The van der Waals surface area contributed by atoms with Gasteiger partial charge in [0.25, 0.3) is 0 Å². The summed E-state index contributed by atoms with van der Waals surface area (Å²) in [5.74, 6) is 1.87. The molecular formula is C34H48SiZr. The van der Waals surface area contributed by atoms with E-state index in [9.17, 15) is 0 Å². The standard InChI is InChI=1S/C21H25.C8H18Si.C5H5.Zr/c1-20(2,3)16-7-9-18-14(12-16)11-15-13-17(21(4,5)6)8-10-19(15)18;1-7(2)5-9-6-8(3)4;1-2-4-5-3-1;/h7-13H,1-6H3;7-8H,5-6H2,1-4H3;1-3H,4H2;/q-1;;-1;+2. The Balaban J connectivity index is 0.000000252. The first-order valence-corrected chi connectivity index (χ1v) is 19.2. The van der Waals surface area contributed by atoms with Gasteiger partial charge in [-0.25, -0.2) is 12.2 Å². The molecule has 4 rings (SSSR count). The molecule has 0 spiro atoms. The van der Waals surface area contributed by atoms with E-state index >= 15 is 0 Å². The van der Waals surface area contributed by atoms with Crippen molar-refractivity contribution < 1.29 is 23.3 Å². The molecule has 3 aromatic carbocycles. The van der Waals surface area contributed by atoms with Crippen molar-refractivity contribution in [2.24, 2.45) is 11.8 Å². The van der Waals surface area contributed by atoms with Gasteiger partial charge in [0.1, 0.15) is 0 Å². The van der Waals surface area contributed by atoms with Crippen LogP contribution in [0.25, 0.3) is 21.5 Å². The van der Waals surface area contributed by atoms with E-state index < -0.39 is 0 Å². The number of allylic oxidation sites excluding steroid dienone is 4. The maximum Gasteiger partial charge on any atom is -0.109 e. The van der Waals surface area contributed by atoms with Gasteiger partial charge in [-0.15, -0.1) is 46.2 Å². The number of rotatable bonds is 4. The van der Waals surface area contributed by atoms with E-state index in [1.165, 1.54) is 44.8 Å². The molecule has 0 fully saturated rings. The van der Waals surface area contributed by atoms with Crippen molar-refractivity contribution in [1.29, 1.82) is 0 Å². The maximum atomic E-state index is 2.99. The summed E-state index contributed by atoms with van der Waals surface area (Å²) in [4.78, 5) is 0. The van der Waals surface area contributed by atoms with Gasteiger partial charge in [-0.2, -0.15) is 6.08 Å². The van der Waals surface area contributed by atoms with Crippen molar-refractivity contribution in [2.75, 3.05) is 0 Å². The van der Waals surface area contributed by atoms with Crippen LogP contribution in [0.4, 0.5) is 0 Å². The van der Waals surface area contributed by atoms with E-state index in [1.807, 2.05) is 35.5 Å². The molecule has 0 aliphatic heterocycles. The number of hydrogen-bond acceptors (Lipinski definition) is 0. The van der Waals surface area contributed by atoms with Gasteiger partial charge in [-0.1, -0.05) is 76.9 Å². The third-order valence-corrected chi connectivity index (χ3v) is 12.0. The molecule has 0 heterocycles. The Morgan fingerprint density at radius 3 is 1.53 bits per heavy atom. The molecule has 192 valence electrons. The predicted octanol–water partition coefficient (Wildman–Crippen LogP) is 10.4. The van der Waals surface area contributed by atoms with Gasteiger partial charge in [0, 0.05) is 0 Å². The minimum Gasteiger partial charge on any atom is -0.273 e. The third kappa shape index (κ3) is 9.98. The molecule has 0 radical (unpaired) electrons. The largest absolute Gasteiger partial charge is 0.273 e. The molecule has 0 atom stereocenters. The van der Waals surface area contributed by atoms with Crippen LogP contribution < -0.4 is 0 Å². The summed E-state index contributed by atoms with van der Waals surface area (Å²) in [6, 6.07) is 19.2. The van der Waals surface area contributed by atoms with E-state index in [-0.39, 0.29) is 16.3 Å². The van der Waals surface area contributed by atoms with Crippen LogP contribution in [0, 0.1) is 17.9 Å². The first-order valence-electron chi connectivity index (χ1n) is 13.6. The van der Waals surface area contributed by atoms with Crippen molar-refractivity contribution in [3.05, 3.63) is 77.9 Å². The van der Waals surface area contributed by atoms with E-state index in [2.05, 4.69) is 124 Å². The fourth-order valence-electron chi connectivity index (χ4n) is 4.36. The van der Waals surface area contributed by atoms with E-state index in [0.717, 1.165) is 18.3 Å². The van der Waals surface area contributed by atoms with Crippen molar-refractivity contribution in [3.63, 3.8) is 0 Å². The zero-order valence-corrected chi connectivity index (χ0v) is 28.0. The van der Waals surface area contributed by atoms with Gasteiger partial charge in [-0.3, -0.25) is 6.08 Å². The average molecular weight is 576 g/mol. The summed E-state index contributed by atoms with van der Waals surface area (Å²) in [7, 11) is 0. The molecule has 1 aliphatic carbocycles. The van der Waals surface area contributed by atoms with Crippen LogP contribution in [-0.4, -0.2) is 5.43 Å². The number of fused-ring (bicyclic) bond motifs is 3. The Kier molecular flexibility index (Phi) is 11.8. The van der Waals surface area contributed by atoms with Gasteiger partial charge < -0.3 is 0 Å². The normalized spacial score (nSPS) is 13.3. The van der Waals surface area contributed by atoms with E-state index in [4.69, 9.17) is 0 Å². The van der Waals surface area contributed by atoms with Gasteiger partial charge in [-0.05, 0) is 10.8 Å². The molecule has 0 amide bonds. The minimum absolute atomic E-state index is 0.101. The van der Waals surface area contributed by atoms with Crippen LogP contribution in [-0.2, 0) is 34.2 Å². The summed E-state index contributed by atoms with van der Waals surface area (Å²) < 4.78 is 0. The van der Waals surface area contributed by atoms with Crippen molar-refractivity contribution in [2.45, 2.75) is 98.6 Å². The Labute approximate surface area is 237 Å². The Morgan fingerprint density at radius 2 is 1.25 bits per heavy atom. The first-order chi connectivity index (χ1) is 16.7. The van der Waals surface area contributed by atoms with Crippen molar-refractivity contribution >= 4 is 27.0 Å². The summed E-state index contributed by atoms with van der Waals surface area (Å²) in [6.07, 6.45) is 10.0. The molecule has 0 nitrogen and oxygen atoms in total. The number of benzene rings is 2. The van der Waals surface area contributed by atoms with Crippen LogP contribution in [0.3, 0.4) is 0 Å². The molecule has 0 N–H and O–H groups in total. The molecule has 0 bridgehead atoms. The fraction of sp³-hybridized carbons (Fsp3) is 0.500. The molecule has 1 aliphatic rings. The summed E-state index contributed by atoms with van der Waals surface area (Å²) in [6.45, 7) is 23.0. The minimum atomic E-state index is 0.101. The average Bonchev–Trinajstić information content (AvgIpc) is 3.42. The van der Waals surface area contributed by atoms with Crippen molar-refractivity contribution in [1.82, 2.24) is 0 Å². The second kappa shape index (κ2) is 13.6. The maximum absolute atomic E-state index is 2.99. The summed E-state index contributed by atoms with van der Waals surface area (Å²) in [5.41, 5.74) is 3.31. The second-order valence-corrected chi connectivity index (χ2v) is 20.3. The molecule has 3 aromatic rings. The molecular weight excluding hydrogens is 528 g/mol. The molecule has 0 saturated heterocycles. The predicted molar refractivity (Wildman–Crippen MR) is 161 cm³/mol. The first kappa shape index (κ1) is 31.1. The van der Waals surface area contributed by atoms with Crippen molar-refractivity contribution in [3.8, 4) is 0 Å². The monoisotopic (exact) mass is 574 g/mol. The Hall–Kier alpha value is -1.11. The van der Waals surface area contributed by atoms with Crippen LogP contribution >= 0.6 is 0 Å². The third-order valence-electron chi connectivity index (χ3n) is 6.33. The Bertz CT molecular complexity index is 1100. The second-order valence-electron chi connectivity index (χ2n) is 13.1. The molecule has 0 unspecified atom stereocenters. The summed E-state index contributed by atoms with van der Waals surface area (Å²) in [5, 5.41) is 5.48.